The number of ketones is 2. The van der Waals surface area contributed by atoms with E-state index in [1.165, 1.54) is 13.0 Å². The van der Waals surface area contributed by atoms with Gasteiger partial charge in [-0.25, -0.2) is 0 Å². The van der Waals surface area contributed by atoms with Crippen molar-refractivity contribution >= 4 is 11.6 Å². The van der Waals surface area contributed by atoms with Gasteiger partial charge in [0, 0.05) is 0 Å². The maximum Gasteiger partial charge on any atom is 0.191 e. The highest BCUT2D eigenvalue weighted by Gasteiger charge is 2.23. The number of carbonyl (C=O) groups is 2. The summed E-state index contributed by atoms with van der Waals surface area (Å²) >= 11 is 0. The second-order valence-corrected chi connectivity index (χ2v) is 2.95. The molecule has 1 N–H and O–H groups in total. The second-order valence-electron chi connectivity index (χ2n) is 2.95. The van der Waals surface area contributed by atoms with Crippen LogP contribution in [0.15, 0.2) is 35.1 Å². The van der Waals surface area contributed by atoms with Gasteiger partial charge in [-0.2, -0.15) is 0 Å². The molecule has 1 aliphatic rings. The molecule has 0 atom stereocenters. The van der Waals surface area contributed by atoms with E-state index in [1.807, 2.05) is 0 Å². The smallest absolute Gasteiger partial charge is 0.191 e. The van der Waals surface area contributed by atoms with E-state index in [-0.39, 0.29) is 28.5 Å². The zero-order chi connectivity index (χ0) is 10.2. The van der Waals surface area contributed by atoms with Crippen molar-refractivity contribution in [3.63, 3.8) is 0 Å². The molecule has 0 aliphatic heterocycles. The van der Waals surface area contributed by atoms with E-state index in [2.05, 4.69) is 6.58 Å². The number of hydrogen-bond donors (Lipinski definition) is 1. The lowest BCUT2D eigenvalue weighted by Gasteiger charge is -2.13. The van der Waals surface area contributed by atoms with Crippen LogP contribution in [0.25, 0.3) is 0 Å². The lowest BCUT2D eigenvalue weighted by atomic mass is 9.92. The summed E-state index contributed by atoms with van der Waals surface area (Å²) in [5.41, 5.74) is 0.570. The molecule has 0 unspecified atom stereocenters. The third-order valence-corrected chi connectivity index (χ3v) is 1.91. The Labute approximate surface area is 76.1 Å². The Bertz CT molecular complexity index is 366. The first kappa shape index (κ1) is 9.45. The van der Waals surface area contributed by atoms with Gasteiger partial charge in [-0.3, -0.25) is 9.59 Å². The Hall–Kier alpha value is -1.64. The van der Waals surface area contributed by atoms with Gasteiger partial charge in [0.1, 0.15) is 5.76 Å². The molecule has 0 saturated carbocycles. The fraction of sp³-hybridized carbons (Fsp3) is 0.200. The molecule has 13 heavy (non-hydrogen) atoms. The minimum absolute atomic E-state index is 0.00907. The fourth-order valence-electron chi connectivity index (χ4n) is 1.13. The molecular formula is C10H10O3. The second kappa shape index (κ2) is 3.01. The Kier molecular flexibility index (Phi) is 2.19. The summed E-state index contributed by atoms with van der Waals surface area (Å²) in [6, 6.07) is 0. The minimum atomic E-state index is -0.317. The zero-order valence-corrected chi connectivity index (χ0v) is 7.55. The zero-order valence-electron chi connectivity index (χ0n) is 7.55. The number of carbonyl (C=O) groups excluding carboxylic acids is 2. The van der Waals surface area contributed by atoms with Gasteiger partial charge in [-0.05, 0) is 25.5 Å². The van der Waals surface area contributed by atoms with E-state index in [9.17, 15) is 14.7 Å². The van der Waals surface area contributed by atoms with Crippen molar-refractivity contribution in [3.05, 3.63) is 35.1 Å². The van der Waals surface area contributed by atoms with Crippen molar-refractivity contribution in [1.29, 1.82) is 0 Å². The van der Waals surface area contributed by atoms with Crippen LogP contribution in [0.3, 0.4) is 0 Å². The van der Waals surface area contributed by atoms with E-state index in [4.69, 9.17) is 0 Å². The van der Waals surface area contributed by atoms with Crippen molar-refractivity contribution in [2.24, 2.45) is 0 Å². The van der Waals surface area contributed by atoms with E-state index >= 15 is 0 Å². The molecule has 0 heterocycles. The average Bonchev–Trinajstić information content (AvgIpc) is 2.07. The molecule has 0 aromatic heterocycles. The Morgan fingerprint density at radius 3 is 2.54 bits per heavy atom. The first-order chi connectivity index (χ1) is 5.95. The number of aliphatic hydroxyl groups is 1. The molecule has 0 fully saturated rings. The Morgan fingerprint density at radius 2 is 2.08 bits per heavy atom. The Balaban J connectivity index is 3.31. The molecule has 0 amide bonds. The fourth-order valence-corrected chi connectivity index (χ4v) is 1.13. The molecule has 68 valence electrons. The quantitative estimate of drug-likeness (QED) is 0.618. The third kappa shape index (κ3) is 1.45. The molecule has 0 saturated heterocycles. The summed E-state index contributed by atoms with van der Waals surface area (Å²) in [5.74, 6) is -0.892. The van der Waals surface area contributed by atoms with Crippen LogP contribution in [0.2, 0.25) is 0 Å². The highest BCUT2D eigenvalue weighted by molar-refractivity contribution is 6.15. The van der Waals surface area contributed by atoms with Crippen molar-refractivity contribution in [3.8, 4) is 0 Å². The molecular weight excluding hydrogens is 168 g/mol. The molecule has 0 spiro atoms. The van der Waals surface area contributed by atoms with Crippen molar-refractivity contribution in [2.75, 3.05) is 0 Å². The molecule has 0 aromatic rings. The third-order valence-electron chi connectivity index (χ3n) is 1.91. The topological polar surface area (TPSA) is 54.4 Å². The highest BCUT2D eigenvalue weighted by atomic mass is 16.3. The van der Waals surface area contributed by atoms with Crippen LogP contribution < -0.4 is 0 Å². The molecule has 1 aliphatic carbocycles. The number of allylic oxidation sites excluding steroid dienone is 4. The largest absolute Gasteiger partial charge is 0.506 e. The van der Waals surface area contributed by atoms with Crippen molar-refractivity contribution in [1.82, 2.24) is 0 Å². The molecule has 0 bridgehead atoms. The van der Waals surface area contributed by atoms with E-state index in [1.54, 1.807) is 6.92 Å². The van der Waals surface area contributed by atoms with E-state index < -0.39 is 0 Å². The predicted molar refractivity (Wildman–Crippen MR) is 48.2 cm³/mol. The van der Waals surface area contributed by atoms with Crippen LogP contribution in [0, 0.1) is 0 Å². The summed E-state index contributed by atoms with van der Waals surface area (Å²) < 4.78 is 0. The minimum Gasteiger partial charge on any atom is -0.506 e. The maximum atomic E-state index is 11.2. The van der Waals surface area contributed by atoms with Gasteiger partial charge in [0.25, 0.3) is 0 Å². The van der Waals surface area contributed by atoms with Crippen LogP contribution in [0.5, 0.6) is 0 Å². The molecule has 3 nitrogen and oxygen atoms in total. The van der Waals surface area contributed by atoms with Crippen molar-refractivity contribution in [2.45, 2.75) is 13.8 Å². The average molecular weight is 178 g/mol. The van der Waals surface area contributed by atoms with Crippen molar-refractivity contribution < 1.29 is 14.7 Å². The molecule has 0 radical (unpaired) electrons. The lowest BCUT2D eigenvalue weighted by molar-refractivity contribution is -0.113. The normalized spacial score (nSPS) is 17.5. The van der Waals surface area contributed by atoms with Crippen LogP contribution in [0.1, 0.15) is 13.8 Å². The van der Waals surface area contributed by atoms with Gasteiger partial charge in [-0.1, -0.05) is 6.58 Å². The van der Waals surface area contributed by atoms with E-state index in [0.29, 0.717) is 5.57 Å². The summed E-state index contributed by atoms with van der Waals surface area (Å²) in [6.45, 7) is 6.33. The van der Waals surface area contributed by atoms with E-state index in [0.717, 1.165) is 0 Å². The lowest BCUT2D eigenvalue weighted by Crippen LogP contribution is -2.15. The number of aliphatic hydroxyl groups excluding tert-OH is 1. The molecule has 1 rings (SSSR count). The van der Waals surface area contributed by atoms with Gasteiger partial charge in [0.2, 0.25) is 0 Å². The summed E-state index contributed by atoms with van der Waals surface area (Å²) in [5, 5.41) is 9.39. The summed E-state index contributed by atoms with van der Waals surface area (Å²) in [6.07, 6.45) is 1.38. The van der Waals surface area contributed by atoms with Crippen LogP contribution >= 0.6 is 0 Å². The highest BCUT2D eigenvalue weighted by Crippen LogP contribution is 2.23. The monoisotopic (exact) mass is 178 g/mol. The summed E-state index contributed by atoms with van der Waals surface area (Å²) in [7, 11) is 0. The van der Waals surface area contributed by atoms with Gasteiger partial charge < -0.3 is 5.11 Å². The number of hydrogen-bond acceptors (Lipinski definition) is 3. The SMILES string of the molecule is C=C1C(=O)C(C)=CC(C(C)=O)=C1O. The van der Waals surface area contributed by atoms with Gasteiger partial charge in [0.15, 0.2) is 11.6 Å². The van der Waals surface area contributed by atoms with Gasteiger partial charge >= 0.3 is 0 Å². The van der Waals surface area contributed by atoms with Crippen LogP contribution in [-0.2, 0) is 9.59 Å². The molecule has 0 aromatic carbocycles. The van der Waals surface area contributed by atoms with Crippen LogP contribution in [-0.4, -0.2) is 16.7 Å². The first-order valence-corrected chi connectivity index (χ1v) is 3.81. The van der Waals surface area contributed by atoms with Gasteiger partial charge in [0.05, 0.1) is 11.1 Å². The number of rotatable bonds is 1. The standard InChI is InChI=1S/C10H10O3/c1-5-4-8(7(3)11)10(13)6(2)9(5)12/h4,13H,2H2,1,3H3. The maximum absolute atomic E-state index is 11.2. The van der Waals surface area contributed by atoms with Gasteiger partial charge in [-0.15, -0.1) is 0 Å². The number of Topliss-reactive ketones (excluding diaryl/α,β-unsaturated/α-hetero) is 2. The predicted octanol–water partition coefficient (Wildman–Crippen LogP) is 1.47. The molecule has 3 heteroatoms. The van der Waals surface area contributed by atoms with Crippen LogP contribution in [0.4, 0.5) is 0 Å². The summed E-state index contributed by atoms with van der Waals surface area (Å²) in [4.78, 5) is 22.2. The first-order valence-electron chi connectivity index (χ1n) is 3.81. The Morgan fingerprint density at radius 1 is 1.54 bits per heavy atom.